The van der Waals surface area contributed by atoms with Gasteiger partial charge >= 0.3 is 0 Å². The van der Waals surface area contributed by atoms with Gasteiger partial charge in [0.2, 0.25) is 0 Å². The largest absolute Gasteiger partial charge is 0.266 e. The third-order valence-electron chi connectivity index (χ3n) is 1.32. The number of hydrogen-bond donors (Lipinski definition) is 0. The zero-order chi connectivity index (χ0) is 9.68. The van der Waals surface area contributed by atoms with Gasteiger partial charge in [0.1, 0.15) is 0 Å². The molecule has 1 unspecified atom stereocenters. The highest BCUT2D eigenvalue weighted by atomic mass is 32.2. The van der Waals surface area contributed by atoms with Crippen LogP contribution in [0, 0.1) is 0 Å². The van der Waals surface area contributed by atoms with Crippen molar-refractivity contribution in [2.45, 2.75) is 10.6 Å². The van der Waals surface area contributed by atoms with Crippen LogP contribution in [0.1, 0.15) is 6.42 Å². The first-order chi connectivity index (χ1) is 6.20. The molecule has 72 valence electrons. The van der Waals surface area contributed by atoms with Gasteiger partial charge in [-0.1, -0.05) is 6.07 Å². The predicted octanol–water partition coefficient (Wildman–Crippen LogP) is 3.03. The molecular weight excluding hydrogens is 214 g/mol. The fraction of sp³-hybridized carbons (Fsp3) is 0.250. The van der Waals surface area contributed by atoms with Crippen molar-refractivity contribution in [3.8, 4) is 0 Å². The van der Waals surface area contributed by atoms with Crippen LogP contribution < -0.4 is 0 Å². The highest BCUT2D eigenvalue weighted by molar-refractivity contribution is 7.87. The van der Waals surface area contributed by atoms with Gasteiger partial charge in [-0.3, -0.25) is 4.21 Å². The van der Waals surface area contributed by atoms with Gasteiger partial charge in [0, 0.05) is 5.75 Å². The van der Waals surface area contributed by atoms with Crippen molar-refractivity contribution in [1.82, 2.24) is 0 Å². The Balaban J connectivity index is 2.39. The summed E-state index contributed by atoms with van der Waals surface area (Å²) in [5.74, 6) is 0.262. The lowest BCUT2D eigenvalue weighted by Gasteiger charge is -1.93. The smallest absolute Gasteiger partial charge is 0.254 e. The van der Waals surface area contributed by atoms with Crippen LogP contribution in [0.2, 0.25) is 0 Å². The molecule has 0 fully saturated rings. The van der Waals surface area contributed by atoms with Gasteiger partial charge < -0.3 is 0 Å². The maximum atomic E-state index is 11.6. The topological polar surface area (TPSA) is 17.1 Å². The van der Waals surface area contributed by atoms with E-state index in [1.54, 1.807) is 12.1 Å². The van der Waals surface area contributed by atoms with Gasteiger partial charge in [0.05, 0.1) is 15.0 Å². The van der Waals surface area contributed by atoms with E-state index in [1.165, 1.54) is 11.3 Å². The van der Waals surface area contributed by atoms with Crippen molar-refractivity contribution in [3.05, 3.63) is 29.7 Å². The number of rotatable bonds is 4. The Morgan fingerprint density at radius 3 is 2.92 bits per heavy atom. The van der Waals surface area contributed by atoms with Crippen molar-refractivity contribution in [1.29, 1.82) is 0 Å². The van der Waals surface area contributed by atoms with E-state index in [-0.39, 0.29) is 12.2 Å². The van der Waals surface area contributed by atoms with Crippen LogP contribution in [0.25, 0.3) is 0 Å². The molecule has 1 heterocycles. The van der Waals surface area contributed by atoms with Gasteiger partial charge in [0.15, 0.2) is 0 Å². The Hall–Kier alpha value is -0.550. The summed E-state index contributed by atoms with van der Waals surface area (Å²) in [5.41, 5.74) is 0. The summed E-state index contributed by atoms with van der Waals surface area (Å²) in [6.45, 7) is 0. The predicted molar refractivity (Wildman–Crippen MR) is 50.5 cm³/mol. The highest BCUT2D eigenvalue weighted by Crippen LogP contribution is 2.14. The minimum Gasteiger partial charge on any atom is -0.254 e. The second kappa shape index (κ2) is 5.24. The van der Waals surface area contributed by atoms with E-state index in [0.29, 0.717) is 0 Å². The minimum absolute atomic E-state index is 0.160. The van der Waals surface area contributed by atoms with Crippen LogP contribution in [-0.4, -0.2) is 9.96 Å². The third kappa shape index (κ3) is 3.78. The Morgan fingerprint density at radius 2 is 2.38 bits per heavy atom. The quantitative estimate of drug-likeness (QED) is 0.765. The normalized spacial score (nSPS) is 12.5. The molecule has 0 N–H and O–H groups in total. The molecule has 13 heavy (non-hydrogen) atoms. The van der Waals surface area contributed by atoms with Gasteiger partial charge in [-0.15, -0.1) is 11.3 Å². The monoisotopic (exact) mass is 222 g/mol. The summed E-state index contributed by atoms with van der Waals surface area (Å²) >= 11 is 1.38. The van der Waals surface area contributed by atoms with Crippen LogP contribution in [-0.2, 0) is 10.8 Å². The van der Waals surface area contributed by atoms with Crippen LogP contribution in [0.15, 0.2) is 33.9 Å². The summed E-state index contributed by atoms with van der Waals surface area (Å²) in [6.07, 6.45) is -0.749. The second-order valence-electron chi connectivity index (χ2n) is 2.26. The first-order valence-corrected chi connectivity index (χ1v) is 5.83. The van der Waals surface area contributed by atoms with Crippen molar-refractivity contribution in [3.63, 3.8) is 0 Å². The Kier molecular flexibility index (Phi) is 4.24. The van der Waals surface area contributed by atoms with E-state index in [9.17, 15) is 13.0 Å². The number of allylic oxidation sites excluding steroid dienone is 1. The molecule has 0 spiro atoms. The third-order valence-corrected chi connectivity index (χ3v) is 4.02. The molecular formula is C8H8F2OS2. The van der Waals surface area contributed by atoms with E-state index in [0.717, 1.165) is 10.3 Å². The average molecular weight is 222 g/mol. The zero-order valence-electron chi connectivity index (χ0n) is 6.70. The van der Waals surface area contributed by atoms with E-state index >= 15 is 0 Å². The molecule has 0 saturated heterocycles. The summed E-state index contributed by atoms with van der Waals surface area (Å²) in [7, 11) is -1.13. The van der Waals surface area contributed by atoms with E-state index < -0.39 is 16.9 Å². The Labute approximate surface area is 81.5 Å². The molecule has 0 aromatic carbocycles. The van der Waals surface area contributed by atoms with Crippen molar-refractivity contribution in [2.75, 3.05) is 5.75 Å². The molecule has 1 rings (SSSR count). The standard InChI is InChI=1S/C8H8F2OS2/c9-7(10)3-2-6-13(11)8-4-1-5-12-8/h1,3-5H,2,6H2. The molecule has 1 aromatic rings. The van der Waals surface area contributed by atoms with Crippen molar-refractivity contribution >= 4 is 22.1 Å². The molecule has 0 radical (unpaired) electrons. The average Bonchev–Trinajstić information content (AvgIpc) is 2.55. The summed E-state index contributed by atoms with van der Waals surface area (Å²) in [5, 5.41) is 1.82. The van der Waals surface area contributed by atoms with Crippen LogP contribution >= 0.6 is 11.3 Å². The van der Waals surface area contributed by atoms with Crippen molar-refractivity contribution < 1.29 is 13.0 Å². The number of halogens is 2. The lowest BCUT2D eigenvalue weighted by Crippen LogP contribution is -1.93. The minimum atomic E-state index is -1.71. The molecule has 0 aliphatic rings. The molecule has 1 aromatic heterocycles. The van der Waals surface area contributed by atoms with E-state index in [2.05, 4.69) is 0 Å². The molecule has 1 nitrogen and oxygen atoms in total. The first-order valence-electron chi connectivity index (χ1n) is 3.63. The second-order valence-corrected chi connectivity index (χ2v) is 5.01. The Morgan fingerprint density at radius 1 is 1.62 bits per heavy atom. The van der Waals surface area contributed by atoms with E-state index in [1.807, 2.05) is 5.38 Å². The molecule has 0 saturated carbocycles. The van der Waals surface area contributed by atoms with Gasteiger partial charge in [-0.05, 0) is 23.9 Å². The summed E-state index contributed by atoms with van der Waals surface area (Å²) in [4.78, 5) is 0. The highest BCUT2D eigenvalue weighted by Gasteiger charge is 2.03. The van der Waals surface area contributed by atoms with Crippen LogP contribution in [0.5, 0.6) is 0 Å². The SMILES string of the molecule is O=S(CCC=C(F)F)c1cccs1. The lowest BCUT2D eigenvalue weighted by molar-refractivity contribution is 0.418. The maximum Gasteiger partial charge on any atom is 0.266 e. The van der Waals surface area contributed by atoms with Gasteiger partial charge in [0.25, 0.3) is 6.08 Å². The zero-order valence-corrected chi connectivity index (χ0v) is 8.34. The lowest BCUT2D eigenvalue weighted by atomic mass is 10.5. The van der Waals surface area contributed by atoms with Crippen LogP contribution in [0.4, 0.5) is 8.78 Å². The van der Waals surface area contributed by atoms with E-state index in [4.69, 9.17) is 0 Å². The van der Waals surface area contributed by atoms with Crippen molar-refractivity contribution in [2.24, 2.45) is 0 Å². The van der Waals surface area contributed by atoms with Gasteiger partial charge in [-0.2, -0.15) is 8.78 Å². The summed E-state index contributed by atoms with van der Waals surface area (Å²) in [6, 6.07) is 3.54. The maximum absolute atomic E-state index is 11.6. The molecule has 0 aliphatic carbocycles. The molecule has 1 atom stereocenters. The summed E-state index contributed by atoms with van der Waals surface area (Å²) < 4.78 is 35.3. The number of hydrogen-bond acceptors (Lipinski definition) is 2. The first kappa shape index (κ1) is 10.5. The number of thiophene rings is 1. The molecule has 5 heteroatoms. The molecule has 0 bridgehead atoms. The molecule has 0 amide bonds. The Bertz CT molecular complexity index is 302. The van der Waals surface area contributed by atoms with Gasteiger partial charge in [-0.25, -0.2) is 0 Å². The molecule has 0 aliphatic heterocycles. The fourth-order valence-corrected chi connectivity index (χ4v) is 2.83. The fourth-order valence-electron chi connectivity index (χ4n) is 0.769. The van der Waals surface area contributed by atoms with Crippen LogP contribution in [0.3, 0.4) is 0 Å².